The van der Waals surface area contributed by atoms with Crippen LogP contribution in [0.4, 0.5) is 29.2 Å². The summed E-state index contributed by atoms with van der Waals surface area (Å²) in [6.07, 6.45) is -2.06. The molecule has 3 aromatic heterocycles. The second kappa shape index (κ2) is 7.99. The number of nitrogens with zero attached hydrogens (tertiary/aromatic N) is 4. The first kappa shape index (κ1) is 20.8. The van der Waals surface area contributed by atoms with Crippen LogP contribution in [0.3, 0.4) is 0 Å². The number of halogens is 4. The lowest BCUT2D eigenvalue weighted by atomic mass is 10.1. The Kier molecular flexibility index (Phi) is 5.36. The van der Waals surface area contributed by atoms with Crippen LogP contribution in [0.1, 0.15) is 11.3 Å². The van der Waals surface area contributed by atoms with E-state index in [4.69, 9.17) is 5.73 Å². The minimum absolute atomic E-state index is 0.0272. The second-order valence-electron chi connectivity index (χ2n) is 6.53. The molecule has 0 bridgehead atoms. The smallest absolute Gasteiger partial charge is 0.368 e. The summed E-state index contributed by atoms with van der Waals surface area (Å²) in [4.78, 5) is 15.7. The van der Waals surface area contributed by atoms with Crippen molar-refractivity contribution in [2.45, 2.75) is 18.0 Å². The number of alkyl halides is 3. The summed E-state index contributed by atoms with van der Waals surface area (Å²) in [5.41, 5.74) is 7.50. The van der Waals surface area contributed by atoms with Crippen molar-refractivity contribution in [1.82, 2.24) is 19.9 Å². The van der Waals surface area contributed by atoms with Gasteiger partial charge in [0, 0.05) is 11.8 Å². The molecule has 3 heterocycles. The number of pyridine rings is 2. The van der Waals surface area contributed by atoms with Crippen LogP contribution in [0, 0.1) is 12.7 Å². The molecule has 0 aliphatic rings. The highest BCUT2D eigenvalue weighted by atomic mass is 32.2. The maximum absolute atomic E-state index is 14.7. The van der Waals surface area contributed by atoms with Gasteiger partial charge < -0.3 is 10.5 Å². The lowest BCUT2D eigenvalue weighted by Gasteiger charge is -2.13. The first-order chi connectivity index (χ1) is 14.7. The van der Waals surface area contributed by atoms with Crippen molar-refractivity contribution in [1.29, 1.82) is 0 Å². The van der Waals surface area contributed by atoms with Gasteiger partial charge in [0.1, 0.15) is 11.3 Å². The molecule has 31 heavy (non-hydrogen) atoms. The molecule has 158 valence electrons. The van der Waals surface area contributed by atoms with Crippen LogP contribution in [-0.4, -0.2) is 19.9 Å². The van der Waals surface area contributed by atoms with Gasteiger partial charge in [-0.25, -0.2) is 19.3 Å². The summed E-state index contributed by atoms with van der Waals surface area (Å²) >= 11 is 0.632. The van der Waals surface area contributed by atoms with Gasteiger partial charge in [0.15, 0.2) is 5.69 Å². The van der Waals surface area contributed by atoms with Crippen LogP contribution < -0.4 is 10.5 Å². The third-order valence-electron chi connectivity index (χ3n) is 4.33. The van der Waals surface area contributed by atoms with Crippen molar-refractivity contribution in [3.05, 3.63) is 65.9 Å². The van der Waals surface area contributed by atoms with Gasteiger partial charge in [-0.2, -0.15) is 13.2 Å². The molecule has 4 rings (SSSR count). The Morgan fingerprint density at radius 3 is 2.61 bits per heavy atom. The number of nitrogens with two attached hydrogens (primary N) is 1. The van der Waals surface area contributed by atoms with E-state index in [0.717, 1.165) is 11.8 Å². The monoisotopic (exact) mass is 446 g/mol. The lowest BCUT2D eigenvalue weighted by molar-refractivity contribution is -0.143. The summed E-state index contributed by atoms with van der Waals surface area (Å²) in [7, 11) is 0. The highest BCUT2D eigenvalue weighted by Gasteiger charge is 2.35. The molecule has 6 nitrogen and oxygen atoms in total. The molecule has 0 saturated carbocycles. The molecule has 1 aromatic carbocycles. The largest absolute Gasteiger partial charge is 0.434 e. The zero-order valence-electron chi connectivity index (χ0n) is 15.9. The number of fused-ring (bicyclic) bond motifs is 1. The van der Waals surface area contributed by atoms with Crippen molar-refractivity contribution < 1.29 is 17.6 Å². The van der Waals surface area contributed by atoms with Gasteiger partial charge in [-0.3, -0.25) is 4.98 Å². The van der Waals surface area contributed by atoms with Crippen molar-refractivity contribution in [3.8, 4) is 11.3 Å². The van der Waals surface area contributed by atoms with Crippen molar-refractivity contribution in [3.63, 3.8) is 0 Å². The van der Waals surface area contributed by atoms with Gasteiger partial charge in [0.2, 0.25) is 5.95 Å². The van der Waals surface area contributed by atoms with E-state index in [-0.39, 0.29) is 16.5 Å². The first-order valence-corrected chi connectivity index (χ1v) is 9.69. The van der Waals surface area contributed by atoms with Crippen LogP contribution >= 0.6 is 11.9 Å². The molecule has 0 radical (unpaired) electrons. The van der Waals surface area contributed by atoms with Gasteiger partial charge in [-0.05, 0) is 54.8 Å². The highest BCUT2D eigenvalue weighted by molar-refractivity contribution is 8.00. The molecule has 0 aliphatic carbocycles. The maximum Gasteiger partial charge on any atom is 0.434 e. The van der Waals surface area contributed by atoms with E-state index < -0.39 is 17.7 Å². The van der Waals surface area contributed by atoms with Gasteiger partial charge in [-0.15, -0.1) is 0 Å². The average Bonchev–Trinajstić information content (AvgIpc) is 2.73. The van der Waals surface area contributed by atoms with Crippen molar-refractivity contribution in [2.75, 3.05) is 10.5 Å². The van der Waals surface area contributed by atoms with E-state index in [1.807, 2.05) is 6.92 Å². The zero-order chi connectivity index (χ0) is 22.2. The quantitative estimate of drug-likeness (QED) is 0.327. The van der Waals surface area contributed by atoms with E-state index in [0.29, 0.717) is 34.2 Å². The maximum atomic E-state index is 14.7. The Bertz CT molecular complexity index is 1280. The van der Waals surface area contributed by atoms with Crippen LogP contribution in [0.2, 0.25) is 0 Å². The summed E-state index contributed by atoms with van der Waals surface area (Å²) in [6.45, 7) is 1.83. The van der Waals surface area contributed by atoms with Crippen LogP contribution in [-0.2, 0) is 6.18 Å². The third-order valence-corrected chi connectivity index (χ3v) is 5.20. The van der Waals surface area contributed by atoms with Gasteiger partial charge in [-0.1, -0.05) is 6.07 Å². The molecule has 0 saturated heterocycles. The molecule has 0 spiro atoms. The molecule has 0 fully saturated rings. The normalized spacial score (nSPS) is 11.6. The molecular weight excluding hydrogens is 432 g/mol. The number of aryl methyl sites for hydroxylation is 1. The Labute approximate surface area is 178 Å². The predicted molar refractivity (Wildman–Crippen MR) is 111 cm³/mol. The Hall–Kier alpha value is -3.47. The zero-order valence-corrected chi connectivity index (χ0v) is 16.7. The summed E-state index contributed by atoms with van der Waals surface area (Å²) < 4.78 is 56.5. The van der Waals surface area contributed by atoms with E-state index in [9.17, 15) is 17.6 Å². The Morgan fingerprint density at radius 1 is 1.06 bits per heavy atom. The van der Waals surface area contributed by atoms with Crippen molar-refractivity contribution >= 4 is 34.6 Å². The molecule has 0 atom stereocenters. The average molecular weight is 446 g/mol. The number of nitrogens with one attached hydrogen (secondary N) is 1. The molecule has 0 amide bonds. The van der Waals surface area contributed by atoms with Crippen LogP contribution in [0.5, 0.6) is 0 Å². The fraction of sp³-hybridized carbons (Fsp3) is 0.100. The van der Waals surface area contributed by atoms with Gasteiger partial charge in [0.05, 0.1) is 28.0 Å². The highest BCUT2D eigenvalue weighted by Crippen LogP contribution is 2.36. The Morgan fingerprint density at radius 2 is 1.87 bits per heavy atom. The topological polar surface area (TPSA) is 89.6 Å². The van der Waals surface area contributed by atoms with Crippen LogP contribution in [0.15, 0.2) is 53.7 Å². The number of benzene rings is 1. The first-order valence-electron chi connectivity index (χ1n) is 8.87. The Balaban J connectivity index is 1.60. The predicted octanol–water partition coefficient (Wildman–Crippen LogP) is 5.25. The fourth-order valence-electron chi connectivity index (χ4n) is 2.90. The summed E-state index contributed by atoms with van der Waals surface area (Å²) in [6, 6.07) is 8.69. The third kappa shape index (κ3) is 4.36. The number of anilines is 2. The van der Waals surface area contributed by atoms with Gasteiger partial charge in [0.25, 0.3) is 0 Å². The lowest BCUT2D eigenvalue weighted by Crippen LogP contribution is -2.10. The molecule has 11 heteroatoms. The van der Waals surface area contributed by atoms with E-state index in [1.54, 1.807) is 12.1 Å². The van der Waals surface area contributed by atoms with Crippen molar-refractivity contribution in [2.24, 2.45) is 0 Å². The van der Waals surface area contributed by atoms with E-state index in [2.05, 4.69) is 24.7 Å². The second-order valence-corrected chi connectivity index (χ2v) is 7.38. The molecule has 4 aromatic rings. The number of rotatable bonds is 4. The number of hydrogen-bond acceptors (Lipinski definition) is 7. The van der Waals surface area contributed by atoms with E-state index in [1.165, 1.54) is 30.5 Å². The number of nitrogen functional groups attached to an aromatic ring is 1. The van der Waals surface area contributed by atoms with Crippen LogP contribution in [0.25, 0.3) is 22.3 Å². The number of hydrogen-bond donors (Lipinski definition) is 2. The standard InChI is InChI=1S/C20H14F4N6S/c1-10-7-14(28-15-9-27-19(25)29-17(10)15)11-4-5-13(12(21)8-11)30-31-16-3-2-6-26-18(16)20(22,23)24/h2-9,30H,1H3,(H2,25,27,29). The molecule has 3 N–H and O–H groups in total. The summed E-state index contributed by atoms with van der Waals surface area (Å²) in [5.74, 6) is -0.512. The minimum Gasteiger partial charge on any atom is -0.368 e. The molecule has 0 unspecified atom stereocenters. The van der Waals surface area contributed by atoms with Gasteiger partial charge >= 0.3 is 6.18 Å². The summed E-state index contributed by atoms with van der Waals surface area (Å²) in [5, 5.41) is 0. The number of aromatic nitrogens is 4. The molecule has 0 aliphatic heterocycles. The minimum atomic E-state index is -4.61. The fourth-order valence-corrected chi connectivity index (χ4v) is 3.69. The SMILES string of the molecule is Cc1cc(-c2ccc(NSc3cccnc3C(F)(F)F)c(F)c2)nc2cnc(N)nc12. The molecular formula is C20H14F4N6S. The van der Waals surface area contributed by atoms with E-state index >= 15 is 0 Å².